The second kappa shape index (κ2) is 4.92. The lowest BCUT2D eigenvalue weighted by Gasteiger charge is -2.42. The van der Waals surface area contributed by atoms with E-state index in [-0.39, 0.29) is 0 Å². The first-order valence-electron chi connectivity index (χ1n) is 4.85. The summed E-state index contributed by atoms with van der Waals surface area (Å²) >= 11 is 18.0. The Kier molecular flexibility index (Phi) is 5.29. The Bertz CT molecular complexity index is 179. The van der Waals surface area contributed by atoms with Gasteiger partial charge in [-0.25, -0.2) is 0 Å². The smallest absolute Gasteiger partial charge is 0.217 e. The van der Waals surface area contributed by atoms with Crippen LogP contribution in [0.2, 0.25) is 19.6 Å². The average molecular weight is 278 g/mol. The zero-order valence-electron chi connectivity index (χ0n) is 9.46. The van der Waals surface area contributed by atoms with E-state index in [1.165, 1.54) is 0 Å². The summed E-state index contributed by atoms with van der Waals surface area (Å²) in [5.41, 5.74) is -0.637. The highest BCUT2D eigenvalue weighted by molar-refractivity contribution is 6.71. The van der Waals surface area contributed by atoms with E-state index >= 15 is 0 Å². The van der Waals surface area contributed by atoms with Crippen LogP contribution in [0.4, 0.5) is 0 Å². The van der Waals surface area contributed by atoms with Crippen molar-refractivity contribution in [1.82, 2.24) is 0 Å². The summed E-state index contributed by atoms with van der Waals surface area (Å²) in [5.74, 6) is 0. The van der Waals surface area contributed by atoms with Crippen LogP contribution >= 0.6 is 34.8 Å². The lowest BCUT2D eigenvalue weighted by atomic mass is 10.00. The van der Waals surface area contributed by atoms with Crippen LogP contribution in [0.15, 0.2) is 0 Å². The zero-order valence-corrected chi connectivity index (χ0v) is 12.7. The first-order valence-corrected chi connectivity index (χ1v) is 9.39. The van der Waals surface area contributed by atoms with E-state index in [0.29, 0.717) is 12.8 Å². The first-order chi connectivity index (χ1) is 6.08. The van der Waals surface area contributed by atoms with Crippen molar-refractivity contribution in [3.8, 4) is 0 Å². The minimum Gasteiger partial charge on any atom is -0.408 e. The molecule has 0 saturated carbocycles. The van der Waals surface area contributed by atoms with Gasteiger partial charge in [0.1, 0.15) is 5.60 Å². The Morgan fingerprint density at radius 2 is 1.36 bits per heavy atom. The van der Waals surface area contributed by atoms with Crippen molar-refractivity contribution in [2.24, 2.45) is 0 Å². The van der Waals surface area contributed by atoms with Crippen LogP contribution < -0.4 is 0 Å². The minimum atomic E-state index is -1.70. The van der Waals surface area contributed by atoms with E-state index in [4.69, 9.17) is 39.2 Å². The molecule has 0 radical (unpaired) electrons. The summed E-state index contributed by atoms with van der Waals surface area (Å²) in [6.45, 7) is 10.3. The van der Waals surface area contributed by atoms with E-state index in [0.717, 1.165) is 0 Å². The van der Waals surface area contributed by atoms with E-state index in [9.17, 15) is 0 Å². The molecular formula is C9H19Cl3OSi. The molecule has 0 aromatic rings. The Balaban J connectivity index is 4.91. The topological polar surface area (TPSA) is 9.23 Å². The van der Waals surface area contributed by atoms with Crippen LogP contribution in [0.3, 0.4) is 0 Å². The molecule has 1 nitrogen and oxygen atoms in total. The number of hydrogen-bond acceptors (Lipinski definition) is 1. The Morgan fingerprint density at radius 3 is 1.43 bits per heavy atom. The normalized spacial score (nSPS) is 14.6. The monoisotopic (exact) mass is 276 g/mol. The van der Waals surface area contributed by atoms with E-state index < -0.39 is 17.7 Å². The van der Waals surface area contributed by atoms with E-state index in [1.807, 2.05) is 13.8 Å². The second-order valence-electron chi connectivity index (χ2n) is 4.41. The molecule has 14 heavy (non-hydrogen) atoms. The molecule has 0 amide bonds. The quantitative estimate of drug-likeness (QED) is 0.531. The van der Waals surface area contributed by atoms with Crippen LogP contribution in [0.5, 0.6) is 0 Å². The molecule has 0 aliphatic carbocycles. The number of rotatable bonds is 4. The van der Waals surface area contributed by atoms with Gasteiger partial charge in [0.05, 0.1) is 0 Å². The third-order valence-electron chi connectivity index (χ3n) is 2.16. The highest BCUT2D eigenvalue weighted by Gasteiger charge is 2.48. The van der Waals surface area contributed by atoms with Gasteiger partial charge in [0.2, 0.25) is 3.79 Å². The molecule has 86 valence electrons. The third kappa shape index (κ3) is 3.90. The lowest BCUT2D eigenvalue weighted by Crippen LogP contribution is -2.50. The molecule has 0 bridgehead atoms. The van der Waals surface area contributed by atoms with Crippen LogP contribution in [0, 0.1) is 0 Å². The summed E-state index contributed by atoms with van der Waals surface area (Å²) < 4.78 is 4.68. The lowest BCUT2D eigenvalue weighted by molar-refractivity contribution is 0.0560. The molecule has 0 aliphatic heterocycles. The fourth-order valence-corrected chi connectivity index (χ4v) is 4.16. The van der Waals surface area contributed by atoms with Crippen molar-refractivity contribution >= 4 is 43.1 Å². The molecule has 5 heteroatoms. The largest absolute Gasteiger partial charge is 0.408 e. The predicted molar refractivity (Wildman–Crippen MR) is 68.0 cm³/mol. The minimum absolute atomic E-state index is 0.637. The maximum atomic E-state index is 6.03. The highest BCUT2D eigenvalue weighted by Crippen LogP contribution is 2.46. The van der Waals surface area contributed by atoms with Gasteiger partial charge in [0, 0.05) is 0 Å². The number of alkyl halides is 3. The molecular weight excluding hydrogens is 259 g/mol. The standard InChI is InChI=1S/C9H19Cl3OSi/c1-6-8(7-2,9(10,11)12)13-14(3,4)5/h6-7H2,1-5H3. The fourth-order valence-electron chi connectivity index (χ4n) is 1.44. The van der Waals surface area contributed by atoms with Crippen molar-refractivity contribution in [1.29, 1.82) is 0 Å². The molecule has 0 N–H and O–H groups in total. The Morgan fingerprint density at radius 1 is 1.00 bits per heavy atom. The summed E-state index contributed by atoms with van der Waals surface area (Å²) in [4.78, 5) is 0. The van der Waals surface area contributed by atoms with Gasteiger partial charge in [-0.2, -0.15) is 0 Å². The molecule has 0 atom stereocenters. The SMILES string of the molecule is CCC(CC)(O[Si](C)(C)C)C(Cl)(Cl)Cl. The van der Waals surface area contributed by atoms with Crippen molar-refractivity contribution in [2.75, 3.05) is 0 Å². The molecule has 0 aromatic carbocycles. The van der Waals surface area contributed by atoms with Crippen LogP contribution in [-0.4, -0.2) is 17.7 Å². The van der Waals surface area contributed by atoms with E-state index in [2.05, 4.69) is 19.6 Å². The third-order valence-corrected chi connectivity index (χ3v) is 4.20. The van der Waals surface area contributed by atoms with Crippen LogP contribution in [0.25, 0.3) is 0 Å². The van der Waals surface area contributed by atoms with Gasteiger partial charge in [-0.15, -0.1) is 0 Å². The molecule has 0 fully saturated rings. The van der Waals surface area contributed by atoms with Crippen LogP contribution in [-0.2, 0) is 4.43 Å². The Hall–Kier alpha value is 1.05. The van der Waals surface area contributed by atoms with Gasteiger partial charge >= 0.3 is 0 Å². The fraction of sp³-hybridized carbons (Fsp3) is 1.00. The maximum absolute atomic E-state index is 6.03. The molecule has 0 spiro atoms. The summed E-state index contributed by atoms with van der Waals surface area (Å²) in [6, 6.07) is 0. The van der Waals surface area contributed by atoms with Crippen molar-refractivity contribution in [3.63, 3.8) is 0 Å². The van der Waals surface area contributed by atoms with Gasteiger partial charge < -0.3 is 4.43 Å². The Labute approximate surface area is 103 Å². The van der Waals surface area contributed by atoms with Crippen molar-refractivity contribution in [2.45, 2.75) is 55.7 Å². The predicted octanol–water partition coefficient (Wildman–Crippen LogP) is 4.77. The van der Waals surface area contributed by atoms with Gasteiger partial charge in [-0.3, -0.25) is 0 Å². The van der Waals surface area contributed by atoms with Gasteiger partial charge in [0.25, 0.3) is 0 Å². The first kappa shape index (κ1) is 15.0. The molecule has 0 heterocycles. The highest BCUT2D eigenvalue weighted by atomic mass is 35.6. The van der Waals surface area contributed by atoms with Crippen molar-refractivity contribution < 1.29 is 4.43 Å². The van der Waals surface area contributed by atoms with E-state index in [1.54, 1.807) is 0 Å². The average Bonchev–Trinajstić information content (AvgIpc) is 1.96. The summed E-state index contributed by atoms with van der Waals surface area (Å²) in [6.07, 6.45) is 1.43. The summed E-state index contributed by atoms with van der Waals surface area (Å²) in [5, 5.41) is 0. The molecule has 0 aromatic heterocycles. The molecule has 0 rings (SSSR count). The number of halogens is 3. The van der Waals surface area contributed by atoms with Crippen molar-refractivity contribution in [3.05, 3.63) is 0 Å². The number of hydrogen-bond donors (Lipinski definition) is 0. The summed E-state index contributed by atoms with van der Waals surface area (Å²) in [7, 11) is -1.70. The molecule has 0 saturated heterocycles. The van der Waals surface area contributed by atoms with Crippen LogP contribution in [0.1, 0.15) is 26.7 Å². The molecule has 0 unspecified atom stereocenters. The molecule has 0 aliphatic rings. The van der Waals surface area contributed by atoms with Gasteiger partial charge in [-0.1, -0.05) is 48.7 Å². The second-order valence-corrected chi connectivity index (χ2v) is 11.1. The zero-order chi connectivity index (χ0) is 11.6. The maximum Gasteiger partial charge on any atom is 0.217 e. The van der Waals surface area contributed by atoms with Gasteiger partial charge in [0.15, 0.2) is 8.32 Å². The van der Waals surface area contributed by atoms with Gasteiger partial charge in [-0.05, 0) is 32.5 Å².